The highest BCUT2D eigenvalue weighted by molar-refractivity contribution is 5.77. The maximum Gasteiger partial charge on any atom is -0.00517 e. The van der Waals surface area contributed by atoms with Crippen molar-refractivity contribution >= 4 is 6.08 Å². The molecule has 1 aliphatic carbocycles. The summed E-state index contributed by atoms with van der Waals surface area (Å²) in [7, 11) is 0. The Hall–Kier alpha value is -1.82. The third-order valence-corrected chi connectivity index (χ3v) is 4.16. The van der Waals surface area contributed by atoms with Crippen molar-refractivity contribution in [3.8, 4) is 11.1 Å². The second kappa shape index (κ2) is 6.09. The Labute approximate surface area is 122 Å². The maximum absolute atomic E-state index is 2.41. The molecule has 1 aliphatic rings. The molecule has 102 valence electrons. The van der Waals surface area contributed by atoms with Crippen molar-refractivity contribution in [1.29, 1.82) is 0 Å². The molecule has 0 heterocycles. The Balaban J connectivity index is 1.83. The summed E-state index contributed by atoms with van der Waals surface area (Å²) in [5.74, 6) is 0. The lowest BCUT2D eigenvalue weighted by Gasteiger charge is -2.09. The van der Waals surface area contributed by atoms with E-state index in [1.807, 2.05) is 0 Å². The average Bonchev–Trinajstić information content (AvgIpc) is 2.91. The van der Waals surface area contributed by atoms with Gasteiger partial charge in [-0.15, -0.1) is 0 Å². The second-order valence-electron chi connectivity index (χ2n) is 5.68. The van der Waals surface area contributed by atoms with Crippen LogP contribution in [0.4, 0.5) is 0 Å². The summed E-state index contributed by atoms with van der Waals surface area (Å²) >= 11 is 0. The maximum atomic E-state index is 2.41. The lowest BCUT2D eigenvalue weighted by Crippen LogP contribution is -1.90. The molecule has 3 rings (SSSR count). The summed E-state index contributed by atoms with van der Waals surface area (Å²) < 4.78 is 0. The van der Waals surface area contributed by atoms with Gasteiger partial charge in [0.15, 0.2) is 0 Å². The van der Waals surface area contributed by atoms with Crippen molar-refractivity contribution < 1.29 is 0 Å². The highest BCUT2D eigenvalue weighted by Gasteiger charge is 2.16. The van der Waals surface area contributed by atoms with E-state index in [1.54, 1.807) is 5.57 Å². The molecule has 0 unspecified atom stereocenters. The van der Waals surface area contributed by atoms with Gasteiger partial charge < -0.3 is 0 Å². The first-order chi connectivity index (χ1) is 9.88. The van der Waals surface area contributed by atoms with Crippen molar-refractivity contribution in [2.24, 2.45) is 0 Å². The molecule has 2 aromatic carbocycles. The van der Waals surface area contributed by atoms with Gasteiger partial charge in [-0.1, -0.05) is 79.9 Å². The lowest BCUT2D eigenvalue weighted by molar-refractivity contribution is 0.709. The Bertz CT molecular complexity index is 605. The van der Waals surface area contributed by atoms with Crippen molar-refractivity contribution in [3.63, 3.8) is 0 Å². The van der Waals surface area contributed by atoms with Crippen LogP contribution in [-0.2, 0) is 6.42 Å². The van der Waals surface area contributed by atoms with Crippen molar-refractivity contribution in [3.05, 3.63) is 65.2 Å². The second-order valence-corrected chi connectivity index (χ2v) is 5.68. The van der Waals surface area contributed by atoms with Gasteiger partial charge in [-0.05, 0) is 41.5 Å². The summed E-state index contributed by atoms with van der Waals surface area (Å²) in [6.45, 7) is 2.27. The number of rotatable bonds is 5. The Morgan fingerprint density at radius 3 is 2.55 bits per heavy atom. The molecule has 0 aliphatic heterocycles. The van der Waals surface area contributed by atoms with Crippen LogP contribution in [-0.4, -0.2) is 0 Å². The summed E-state index contributed by atoms with van der Waals surface area (Å²) in [6, 6.07) is 17.5. The summed E-state index contributed by atoms with van der Waals surface area (Å²) in [6.07, 6.45) is 8.80. The smallest absolute Gasteiger partial charge is 0.00517 e. The van der Waals surface area contributed by atoms with Crippen LogP contribution >= 0.6 is 0 Å². The Morgan fingerprint density at radius 1 is 0.900 bits per heavy atom. The van der Waals surface area contributed by atoms with Gasteiger partial charge in [-0.2, -0.15) is 0 Å². The first kappa shape index (κ1) is 13.2. The van der Waals surface area contributed by atoms with Crippen LogP contribution in [0.5, 0.6) is 0 Å². The third kappa shape index (κ3) is 2.70. The lowest BCUT2D eigenvalue weighted by atomic mass is 9.95. The zero-order chi connectivity index (χ0) is 13.8. The molecule has 0 fully saturated rings. The molecule has 0 saturated carbocycles. The van der Waals surface area contributed by atoms with Crippen molar-refractivity contribution in [2.75, 3.05) is 0 Å². The SMILES string of the molecule is CCCCCC1=Cc2cccc(-c3ccccc3)c2C1. The molecular weight excluding hydrogens is 240 g/mol. The fourth-order valence-electron chi connectivity index (χ4n) is 3.09. The number of allylic oxidation sites excluding steroid dienone is 1. The molecule has 0 atom stereocenters. The Kier molecular flexibility index (Phi) is 4.01. The van der Waals surface area contributed by atoms with Crippen LogP contribution in [0.1, 0.15) is 43.7 Å². The minimum atomic E-state index is 1.14. The van der Waals surface area contributed by atoms with Crippen LogP contribution in [0, 0.1) is 0 Å². The fraction of sp³-hybridized carbons (Fsp3) is 0.300. The van der Waals surface area contributed by atoms with Crippen molar-refractivity contribution in [1.82, 2.24) is 0 Å². The normalized spacial score (nSPS) is 13.2. The van der Waals surface area contributed by atoms with Gasteiger partial charge in [0.05, 0.1) is 0 Å². The first-order valence-corrected chi connectivity index (χ1v) is 7.75. The van der Waals surface area contributed by atoms with Crippen LogP contribution in [0.3, 0.4) is 0 Å². The number of hydrogen-bond donors (Lipinski definition) is 0. The molecule has 0 saturated heterocycles. The molecule has 0 aromatic heterocycles. The number of benzene rings is 2. The molecule has 20 heavy (non-hydrogen) atoms. The van der Waals surface area contributed by atoms with Gasteiger partial charge in [-0.3, -0.25) is 0 Å². The highest BCUT2D eigenvalue weighted by Crippen LogP contribution is 2.35. The predicted octanol–water partition coefficient (Wildman–Crippen LogP) is 5.87. The van der Waals surface area contributed by atoms with Gasteiger partial charge >= 0.3 is 0 Å². The molecule has 0 amide bonds. The highest BCUT2D eigenvalue weighted by atomic mass is 14.2. The van der Waals surface area contributed by atoms with Crippen molar-refractivity contribution in [2.45, 2.75) is 39.0 Å². The van der Waals surface area contributed by atoms with Crippen LogP contribution in [0.2, 0.25) is 0 Å². The minimum Gasteiger partial charge on any atom is -0.0654 e. The van der Waals surface area contributed by atoms with Gasteiger partial charge in [-0.25, -0.2) is 0 Å². The number of unbranched alkanes of at least 4 members (excludes halogenated alkanes) is 2. The van der Waals surface area contributed by atoms with E-state index in [-0.39, 0.29) is 0 Å². The molecule has 0 heteroatoms. The van der Waals surface area contributed by atoms with Gasteiger partial charge in [0, 0.05) is 0 Å². The largest absolute Gasteiger partial charge is 0.0654 e. The van der Waals surface area contributed by atoms with E-state index >= 15 is 0 Å². The van der Waals surface area contributed by atoms with Crippen LogP contribution in [0.15, 0.2) is 54.1 Å². The van der Waals surface area contributed by atoms with E-state index in [1.165, 1.54) is 47.9 Å². The van der Waals surface area contributed by atoms with Gasteiger partial charge in [0.2, 0.25) is 0 Å². The van der Waals surface area contributed by atoms with Gasteiger partial charge in [0.1, 0.15) is 0 Å². The topological polar surface area (TPSA) is 0 Å². The molecule has 0 radical (unpaired) electrons. The third-order valence-electron chi connectivity index (χ3n) is 4.16. The summed E-state index contributed by atoms with van der Waals surface area (Å²) in [4.78, 5) is 0. The summed E-state index contributed by atoms with van der Waals surface area (Å²) in [5.41, 5.74) is 7.30. The molecular formula is C20H22. The first-order valence-electron chi connectivity index (χ1n) is 7.75. The molecule has 0 N–H and O–H groups in total. The number of fused-ring (bicyclic) bond motifs is 1. The summed E-state index contributed by atoms with van der Waals surface area (Å²) in [5, 5.41) is 0. The Morgan fingerprint density at radius 2 is 1.75 bits per heavy atom. The van der Waals surface area contributed by atoms with E-state index in [4.69, 9.17) is 0 Å². The van der Waals surface area contributed by atoms with E-state index in [0.29, 0.717) is 0 Å². The van der Waals surface area contributed by atoms with E-state index in [2.05, 4.69) is 61.5 Å². The zero-order valence-electron chi connectivity index (χ0n) is 12.2. The predicted molar refractivity (Wildman–Crippen MR) is 87.7 cm³/mol. The van der Waals surface area contributed by atoms with E-state index in [0.717, 1.165) is 6.42 Å². The fourth-order valence-corrected chi connectivity index (χ4v) is 3.09. The van der Waals surface area contributed by atoms with Crippen LogP contribution < -0.4 is 0 Å². The molecule has 0 bridgehead atoms. The minimum absolute atomic E-state index is 1.14. The molecule has 0 spiro atoms. The average molecular weight is 262 g/mol. The number of hydrogen-bond acceptors (Lipinski definition) is 0. The monoisotopic (exact) mass is 262 g/mol. The van der Waals surface area contributed by atoms with Crippen LogP contribution in [0.25, 0.3) is 17.2 Å². The zero-order valence-corrected chi connectivity index (χ0v) is 12.2. The van der Waals surface area contributed by atoms with E-state index in [9.17, 15) is 0 Å². The standard InChI is InChI=1S/C20H22/c1-2-3-5-9-16-14-18-12-8-13-19(20(18)15-16)17-10-6-4-7-11-17/h4,6-8,10-14H,2-3,5,9,15H2,1H3. The quantitative estimate of drug-likeness (QED) is 0.591. The van der Waals surface area contributed by atoms with E-state index < -0.39 is 0 Å². The molecule has 0 nitrogen and oxygen atoms in total. The van der Waals surface area contributed by atoms with Gasteiger partial charge in [0.25, 0.3) is 0 Å². The molecule has 2 aromatic rings.